The van der Waals surface area contributed by atoms with E-state index in [1.165, 1.54) is 7.05 Å². The second-order valence-electron chi connectivity index (χ2n) is 16.6. The van der Waals surface area contributed by atoms with Crippen LogP contribution in [0.2, 0.25) is 0 Å². The lowest BCUT2D eigenvalue weighted by Crippen LogP contribution is -2.64. The number of rotatable bonds is 4. The summed E-state index contributed by atoms with van der Waals surface area (Å²) in [5.41, 5.74) is -2.20. The van der Waals surface area contributed by atoms with Crippen LogP contribution in [-0.4, -0.2) is 70.8 Å². The maximum absolute atomic E-state index is 12.4. The Bertz CT molecular complexity index is 1130. The Morgan fingerprint density at radius 3 is 2.44 bits per heavy atom. The lowest BCUT2D eigenvalue weighted by Gasteiger charge is -2.66. The standard InChI is InChI=1S/C33H54N2O6/c1-18-15-19(24(37)28(4,5)41-26(39)35-8)40-23-22(18)29(6)13-14-31-16-32(31)12-10-21(36)27(2,3)33(32,17-34)11-9-20(31)30(29,7)25(23)38/h17-25,34,36-38H,9-16H2,1-8H3,(H,35,39)/t18-,19-,20+,21+,22?,23+,24+,25+,29-,30-,31+,32+,33-/m1/s1. The van der Waals surface area contributed by atoms with Crippen LogP contribution in [0.5, 0.6) is 0 Å². The summed E-state index contributed by atoms with van der Waals surface area (Å²) in [5, 5.41) is 46.1. The molecule has 1 saturated heterocycles. The van der Waals surface area contributed by atoms with E-state index < -0.39 is 42.2 Å². The maximum Gasteiger partial charge on any atom is 0.407 e. The van der Waals surface area contributed by atoms with Crippen LogP contribution in [0.25, 0.3) is 0 Å². The summed E-state index contributed by atoms with van der Waals surface area (Å²) >= 11 is 0. The third kappa shape index (κ3) is 3.21. The van der Waals surface area contributed by atoms with Gasteiger partial charge in [0.2, 0.25) is 0 Å². The molecule has 0 aromatic heterocycles. The Balaban J connectivity index is 1.34. The highest BCUT2D eigenvalue weighted by molar-refractivity contribution is 5.69. The number of carbonyl (C=O) groups is 1. The van der Waals surface area contributed by atoms with Crippen LogP contribution >= 0.6 is 0 Å². The average Bonchev–Trinajstić information content (AvgIpc) is 3.55. The monoisotopic (exact) mass is 574 g/mol. The average molecular weight is 575 g/mol. The zero-order valence-electron chi connectivity index (χ0n) is 26.4. The molecule has 5 aliphatic carbocycles. The molecule has 5 saturated carbocycles. The number of fused-ring (bicyclic) bond motifs is 4. The highest BCUT2D eigenvalue weighted by Crippen LogP contribution is 2.91. The van der Waals surface area contributed by atoms with Gasteiger partial charge in [-0.1, -0.05) is 34.6 Å². The molecule has 8 heteroatoms. The van der Waals surface area contributed by atoms with Crippen LogP contribution in [0.1, 0.15) is 99.8 Å². The fourth-order valence-corrected chi connectivity index (χ4v) is 12.8. The lowest BCUT2D eigenvalue weighted by atomic mass is 9.38. The summed E-state index contributed by atoms with van der Waals surface area (Å²) in [4.78, 5) is 12.0. The third-order valence-electron chi connectivity index (χ3n) is 15.1. The molecule has 1 heterocycles. The van der Waals surface area contributed by atoms with Gasteiger partial charge in [0.05, 0.1) is 24.4 Å². The van der Waals surface area contributed by atoms with Gasteiger partial charge in [0.25, 0.3) is 0 Å². The molecule has 1 amide bonds. The molecule has 5 N–H and O–H groups in total. The molecule has 6 fully saturated rings. The Kier molecular flexibility index (Phi) is 6.33. The molecular weight excluding hydrogens is 520 g/mol. The molecule has 2 spiro atoms. The van der Waals surface area contributed by atoms with Gasteiger partial charge < -0.3 is 35.5 Å². The fourth-order valence-electron chi connectivity index (χ4n) is 12.8. The molecule has 41 heavy (non-hydrogen) atoms. The number of hydrogen-bond acceptors (Lipinski definition) is 7. The van der Waals surface area contributed by atoms with Crippen molar-refractivity contribution in [3.8, 4) is 0 Å². The molecule has 0 radical (unpaired) electrons. The van der Waals surface area contributed by atoms with Crippen molar-refractivity contribution in [1.82, 2.24) is 5.32 Å². The van der Waals surface area contributed by atoms with Crippen LogP contribution < -0.4 is 5.32 Å². The van der Waals surface area contributed by atoms with Gasteiger partial charge in [0, 0.05) is 29.5 Å². The van der Waals surface area contributed by atoms with E-state index in [4.69, 9.17) is 14.9 Å². The van der Waals surface area contributed by atoms with Crippen molar-refractivity contribution >= 4 is 12.3 Å². The lowest BCUT2D eigenvalue weighted by molar-refractivity contribution is -0.203. The first-order valence-corrected chi connectivity index (χ1v) is 16.1. The van der Waals surface area contributed by atoms with Crippen molar-refractivity contribution in [3.05, 3.63) is 0 Å². The summed E-state index contributed by atoms with van der Waals surface area (Å²) < 4.78 is 12.2. The van der Waals surface area contributed by atoms with Gasteiger partial charge >= 0.3 is 6.09 Å². The molecule has 0 aromatic rings. The van der Waals surface area contributed by atoms with Crippen LogP contribution in [-0.2, 0) is 9.47 Å². The van der Waals surface area contributed by atoms with Gasteiger partial charge in [0.15, 0.2) is 0 Å². The number of aliphatic hydroxyl groups is 3. The highest BCUT2D eigenvalue weighted by atomic mass is 16.6. The first-order valence-electron chi connectivity index (χ1n) is 16.1. The molecule has 1 unspecified atom stereocenters. The number of hydrogen-bond donors (Lipinski definition) is 5. The molecular formula is C33H54N2O6. The van der Waals surface area contributed by atoms with Gasteiger partial charge in [0.1, 0.15) is 11.7 Å². The van der Waals surface area contributed by atoms with Gasteiger partial charge in [-0.05, 0) is 99.2 Å². The normalized spacial score (nSPS) is 53.9. The van der Waals surface area contributed by atoms with Crippen molar-refractivity contribution in [1.29, 1.82) is 5.41 Å². The van der Waals surface area contributed by atoms with E-state index in [1.807, 2.05) is 0 Å². The largest absolute Gasteiger partial charge is 0.441 e. The molecule has 0 bridgehead atoms. The highest BCUT2D eigenvalue weighted by Gasteiger charge is 2.88. The number of aliphatic hydroxyl groups excluding tert-OH is 3. The van der Waals surface area contributed by atoms with Crippen LogP contribution in [0.15, 0.2) is 0 Å². The second-order valence-corrected chi connectivity index (χ2v) is 16.6. The van der Waals surface area contributed by atoms with E-state index in [0.29, 0.717) is 12.3 Å². The summed E-state index contributed by atoms with van der Waals surface area (Å²) in [6.45, 7) is 14.7. The molecule has 13 atom stereocenters. The topological polar surface area (TPSA) is 132 Å². The summed E-state index contributed by atoms with van der Waals surface area (Å²) in [6.07, 6.45) is 5.50. The third-order valence-corrected chi connectivity index (χ3v) is 15.1. The first-order chi connectivity index (χ1) is 19.0. The Labute approximate surface area is 245 Å². The van der Waals surface area contributed by atoms with Crippen molar-refractivity contribution in [3.63, 3.8) is 0 Å². The fraction of sp³-hybridized carbons (Fsp3) is 0.939. The van der Waals surface area contributed by atoms with Crippen molar-refractivity contribution < 1.29 is 29.6 Å². The predicted molar refractivity (Wildman–Crippen MR) is 155 cm³/mol. The Hall–Kier alpha value is -1.22. The summed E-state index contributed by atoms with van der Waals surface area (Å²) in [5.74, 6) is 0.710. The maximum atomic E-state index is 12.4. The predicted octanol–water partition coefficient (Wildman–Crippen LogP) is 4.68. The van der Waals surface area contributed by atoms with E-state index >= 15 is 0 Å². The van der Waals surface area contributed by atoms with E-state index in [-0.39, 0.29) is 44.3 Å². The number of ether oxygens (including phenoxy) is 2. The number of nitrogens with one attached hydrogen (secondary N) is 2. The number of carbonyl (C=O) groups excluding carboxylic acids is 1. The summed E-state index contributed by atoms with van der Waals surface area (Å²) in [7, 11) is 1.50. The minimum absolute atomic E-state index is 0.0115. The number of amides is 1. The van der Waals surface area contributed by atoms with Gasteiger partial charge in [-0.25, -0.2) is 4.79 Å². The van der Waals surface area contributed by atoms with Gasteiger partial charge in [-0.15, -0.1) is 0 Å². The van der Waals surface area contributed by atoms with E-state index in [1.54, 1.807) is 20.1 Å². The zero-order chi connectivity index (χ0) is 30.2. The number of alkyl carbamates (subject to hydrolysis) is 1. The first kappa shape index (κ1) is 29.8. The van der Waals surface area contributed by atoms with E-state index in [0.717, 1.165) is 44.9 Å². The second kappa shape index (κ2) is 8.70. The summed E-state index contributed by atoms with van der Waals surface area (Å²) in [6, 6.07) is 0. The van der Waals surface area contributed by atoms with Crippen molar-refractivity contribution in [2.24, 2.45) is 50.2 Å². The van der Waals surface area contributed by atoms with Crippen molar-refractivity contribution in [2.75, 3.05) is 7.05 Å². The quantitative estimate of drug-likeness (QED) is 0.310. The zero-order valence-corrected chi connectivity index (χ0v) is 26.4. The van der Waals surface area contributed by atoms with E-state index in [2.05, 4.69) is 39.9 Å². The van der Waals surface area contributed by atoms with Crippen LogP contribution in [0.4, 0.5) is 4.79 Å². The molecule has 6 rings (SSSR count). The van der Waals surface area contributed by atoms with Gasteiger partial charge in [-0.3, -0.25) is 0 Å². The minimum Gasteiger partial charge on any atom is -0.441 e. The Morgan fingerprint density at radius 2 is 1.80 bits per heavy atom. The molecule has 6 aliphatic rings. The van der Waals surface area contributed by atoms with Crippen molar-refractivity contribution in [2.45, 2.75) is 136 Å². The van der Waals surface area contributed by atoms with Gasteiger partial charge in [-0.2, -0.15) is 0 Å². The minimum atomic E-state index is -1.15. The molecule has 0 aromatic carbocycles. The van der Waals surface area contributed by atoms with Crippen LogP contribution in [0.3, 0.4) is 0 Å². The molecule has 232 valence electrons. The van der Waals surface area contributed by atoms with Crippen LogP contribution in [0, 0.1) is 55.7 Å². The Morgan fingerprint density at radius 1 is 1.12 bits per heavy atom. The van der Waals surface area contributed by atoms with E-state index in [9.17, 15) is 20.1 Å². The SMILES string of the molecule is CNC(=O)OC(C)(C)[C@@H](O)[C@H]1C[C@@H](C)C2[C@H](O1)[C@H](O)[C@@]1(C)[C@@H]3CC[C@@]4(C=N)C(C)(C)[C@@H](O)CC[C@@]45C[C@@]35CC[C@]21C. The molecule has 8 nitrogen and oxygen atoms in total. The smallest absolute Gasteiger partial charge is 0.407 e. The molecule has 1 aliphatic heterocycles.